The van der Waals surface area contributed by atoms with Gasteiger partial charge in [-0.2, -0.15) is 0 Å². The molecule has 0 bridgehead atoms. The molecule has 0 aliphatic heterocycles. The first-order valence-corrected chi connectivity index (χ1v) is 8.47. The summed E-state index contributed by atoms with van der Waals surface area (Å²) >= 11 is 1.65. The molecule has 0 saturated heterocycles. The standard InChI is InChI=1S/C15H23N3O3S/c1-3-4-11-22-12(2)15(19)17-10-9-16-13-7-5-6-8-14(13)18(20)21/h5-8,12,16H,3-4,9-11H2,1-2H3,(H,17,19)/t12-/m1/s1. The average molecular weight is 325 g/mol. The van der Waals surface area contributed by atoms with Crippen LogP contribution in [0.4, 0.5) is 11.4 Å². The van der Waals surface area contributed by atoms with E-state index in [1.807, 2.05) is 6.92 Å². The van der Waals surface area contributed by atoms with Crippen LogP contribution in [0.1, 0.15) is 26.7 Å². The van der Waals surface area contributed by atoms with Crippen LogP contribution in [0, 0.1) is 10.1 Å². The molecule has 2 N–H and O–H groups in total. The summed E-state index contributed by atoms with van der Waals surface area (Å²) in [6, 6.07) is 6.47. The number of thioether (sulfide) groups is 1. The smallest absolute Gasteiger partial charge is 0.292 e. The Morgan fingerprint density at radius 1 is 1.36 bits per heavy atom. The minimum atomic E-state index is -0.423. The van der Waals surface area contributed by atoms with E-state index in [4.69, 9.17) is 0 Å². The normalized spacial score (nSPS) is 11.7. The summed E-state index contributed by atoms with van der Waals surface area (Å²) in [5.74, 6) is 0.991. The third kappa shape index (κ3) is 6.34. The SMILES string of the molecule is CCCCS[C@H](C)C(=O)NCCNc1ccccc1[N+](=O)[O-]. The van der Waals surface area contributed by atoms with E-state index in [0.717, 1.165) is 18.6 Å². The molecule has 22 heavy (non-hydrogen) atoms. The first-order valence-electron chi connectivity index (χ1n) is 7.42. The lowest BCUT2D eigenvalue weighted by atomic mass is 10.2. The molecular formula is C15H23N3O3S. The number of unbranched alkanes of at least 4 members (excludes halogenated alkanes) is 1. The zero-order valence-electron chi connectivity index (χ0n) is 13.0. The predicted octanol–water partition coefficient (Wildman–Crippen LogP) is 3.04. The van der Waals surface area contributed by atoms with Crippen LogP contribution < -0.4 is 10.6 Å². The topological polar surface area (TPSA) is 84.3 Å². The molecule has 6 nitrogen and oxygen atoms in total. The van der Waals surface area contributed by atoms with Gasteiger partial charge in [-0.15, -0.1) is 11.8 Å². The van der Waals surface area contributed by atoms with Gasteiger partial charge in [0.15, 0.2) is 0 Å². The second kappa shape index (κ2) is 10.0. The summed E-state index contributed by atoms with van der Waals surface area (Å²) in [4.78, 5) is 22.3. The molecule has 0 heterocycles. The fourth-order valence-corrected chi connectivity index (χ4v) is 2.83. The number of anilines is 1. The zero-order chi connectivity index (χ0) is 16.4. The molecule has 1 rings (SSSR count). The third-order valence-corrected chi connectivity index (χ3v) is 4.31. The number of nitrogens with one attached hydrogen (secondary N) is 2. The molecule has 0 aliphatic rings. The van der Waals surface area contributed by atoms with E-state index in [9.17, 15) is 14.9 Å². The number of para-hydroxylation sites is 2. The molecule has 0 radical (unpaired) electrons. The van der Waals surface area contributed by atoms with Crippen molar-refractivity contribution in [3.8, 4) is 0 Å². The number of nitro groups is 1. The van der Waals surface area contributed by atoms with Crippen LogP contribution in [0.15, 0.2) is 24.3 Å². The third-order valence-electron chi connectivity index (χ3n) is 3.08. The summed E-state index contributed by atoms with van der Waals surface area (Å²) in [6.07, 6.45) is 2.24. The second-order valence-corrected chi connectivity index (χ2v) is 6.31. The van der Waals surface area contributed by atoms with Crippen molar-refractivity contribution in [1.82, 2.24) is 5.32 Å². The van der Waals surface area contributed by atoms with Gasteiger partial charge in [0.2, 0.25) is 5.91 Å². The molecule has 1 aromatic carbocycles. The van der Waals surface area contributed by atoms with E-state index >= 15 is 0 Å². The van der Waals surface area contributed by atoms with Gasteiger partial charge < -0.3 is 10.6 Å². The minimum absolute atomic E-state index is 0.00506. The van der Waals surface area contributed by atoms with Gasteiger partial charge in [-0.1, -0.05) is 25.5 Å². The lowest BCUT2D eigenvalue weighted by Crippen LogP contribution is -2.34. The van der Waals surface area contributed by atoms with E-state index in [0.29, 0.717) is 18.8 Å². The van der Waals surface area contributed by atoms with Crippen LogP contribution in [0.2, 0.25) is 0 Å². The highest BCUT2D eigenvalue weighted by Gasteiger charge is 2.13. The molecule has 7 heteroatoms. The average Bonchev–Trinajstić information content (AvgIpc) is 2.51. The van der Waals surface area contributed by atoms with Crippen molar-refractivity contribution < 1.29 is 9.72 Å². The summed E-state index contributed by atoms with van der Waals surface area (Å²) in [5, 5.41) is 16.6. The van der Waals surface area contributed by atoms with Crippen molar-refractivity contribution in [3.05, 3.63) is 34.4 Å². The molecule has 0 fully saturated rings. The lowest BCUT2D eigenvalue weighted by molar-refractivity contribution is -0.384. The van der Waals surface area contributed by atoms with E-state index < -0.39 is 4.92 Å². The highest BCUT2D eigenvalue weighted by molar-refractivity contribution is 8.00. The Balaban J connectivity index is 2.30. The van der Waals surface area contributed by atoms with Crippen LogP contribution in [0.25, 0.3) is 0 Å². The van der Waals surface area contributed by atoms with E-state index in [-0.39, 0.29) is 16.8 Å². The maximum atomic E-state index is 11.9. The minimum Gasteiger partial charge on any atom is -0.378 e. The van der Waals surface area contributed by atoms with Gasteiger partial charge in [0, 0.05) is 19.2 Å². The number of hydrogen-bond donors (Lipinski definition) is 2. The molecule has 0 aromatic heterocycles. The number of carbonyl (C=O) groups is 1. The van der Waals surface area contributed by atoms with Crippen molar-refractivity contribution in [2.45, 2.75) is 31.9 Å². The molecular weight excluding hydrogens is 302 g/mol. The molecule has 0 unspecified atom stereocenters. The number of hydrogen-bond acceptors (Lipinski definition) is 5. The highest BCUT2D eigenvalue weighted by Crippen LogP contribution is 2.22. The number of carbonyl (C=O) groups excluding carboxylic acids is 1. The number of rotatable bonds is 10. The molecule has 1 aromatic rings. The zero-order valence-corrected chi connectivity index (χ0v) is 13.8. The fourth-order valence-electron chi connectivity index (χ4n) is 1.79. The lowest BCUT2D eigenvalue weighted by Gasteiger charge is -2.12. The molecule has 122 valence electrons. The number of benzene rings is 1. The van der Waals surface area contributed by atoms with Gasteiger partial charge in [-0.3, -0.25) is 14.9 Å². The van der Waals surface area contributed by atoms with Crippen molar-refractivity contribution >= 4 is 29.0 Å². The van der Waals surface area contributed by atoms with Gasteiger partial charge in [0.25, 0.3) is 5.69 Å². The Morgan fingerprint density at radius 2 is 2.09 bits per heavy atom. The molecule has 0 saturated carbocycles. The fraction of sp³-hybridized carbons (Fsp3) is 0.533. The summed E-state index contributed by atoms with van der Waals surface area (Å²) in [7, 11) is 0. The van der Waals surface area contributed by atoms with Gasteiger partial charge in [-0.25, -0.2) is 0 Å². The van der Waals surface area contributed by atoms with Crippen LogP contribution in [0.5, 0.6) is 0 Å². The first-order chi connectivity index (χ1) is 10.6. The Morgan fingerprint density at radius 3 is 2.77 bits per heavy atom. The van der Waals surface area contributed by atoms with E-state index in [1.165, 1.54) is 6.07 Å². The maximum absolute atomic E-state index is 11.9. The van der Waals surface area contributed by atoms with E-state index in [2.05, 4.69) is 17.6 Å². The van der Waals surface area contributed by atoms with Crippen molar-refractivity contribution in [3.63, 3.8) is 0 Å². The van der Waals surface area contributed by atoms with Crippen LogP contribution in [0.3, 0.4) is 0 Å². The second-order valence-electron chi connectivity index (χ2n) is 4.86. The maximum Gasteiger partial charge on any atom is 0.292 e. The first kappa shape index (κ1) is 18.3. The van der Waals surface area contributed by atoms with Crippen LogP contribution >= 0.6 is 11.8 Å². The van der Waals surface area contributed by atoms with Crippen molar-refractivity contribution in [2.75, 3.05) is 24.2 Å². The number of amides is 1. The van der Waals surface area contributed by atoms with Crippen LogP contribution in [-0.2, 0) is 4.79 Å². The number of nitrogens with zero attached hydrogens (tertiary/aromatic N) is 1. The Bertz CT molecular complexity index is 497. The van der Waals surface area contributed by atoms with Gasteiger partial charge in [0.05, 0.1) is 10.2 Å². The largest absolute Gasteiger partial charge is 0.378 e. The van der Waals surface area contributed by atoms with Gasteiger partial charge in [-0.05, 0) is 25.2 Å². The highest BCUT2D eigenvalue weighted by atomic mass is 32.2. The van der Waals surface area contributed by atoms with Crippen molar-refractivity contribution in [1.29, 1.82) is 0 Å². The van der Waals surface area contributed by atoms with Gasteiger partial charge in [0.1, 0.15) is 5.69 Å². The summed E-state index contributed by atoms with van der Waals surface area (Å²) < 4.78 is 0. The van der Waals surface area contributed by atoms with E-state index in [1.54, 1.807) is 30.0 Å². The summed E-state index contributed by atoms with van der Waals surface area (Å²) in [6.45, 7) is 4.90. The molecule has 0 spiro atoms. The molecule has 1 amide bonds. The number of nitro benzene ring substituents is 1. The van der Waals surface area contributed by atoms with Gasteiger partial charge >= 0.3 is 0 Å². The Labute approximate surface area is 135 Å². The monoisotopic (exact) mass is 325 g/mol. The Hall–Kier alpha value is -1.76. The summed E-state index contributed by atoms with van der Waals surface area (Å²) in [5.41, 5.74) is 0.504. The quantitative estimate of drug-likeness (QED) is 0.392. The Kier molecular flexibility index (Phi) is 8.35. The molecule has 0 aliphatic carbocycles. The van der Waals surface area contributed by atoms with Crippen LogP contribution in [-0.4, -0.2) is 34.9 Å². The molecule has 1 atom stereocenters. The van der Waals surface area contributed by atoms with Crippen molar-refractivity contribution in [2.24, 2.45) is 0 Å². The predicted molar refractivity (Wildman–Crippen MR) is 91.4 cm³/mol.